The Hall–Kier alpha value is -1.59. The summed E-state index contributed by atoms with van der Waals surface area (Å²) >= 11 is 0. The minimum Gasteiger partial charge on any atom is -0.481 e. The lowest BCUT2D eigenvalue weighted by atomic mass is 9.81. The summed E-state index contributed by atoms with van der Waals surface area (Å²) in [6.45, 7) is 5.04. The number of amides is 1. The van der Waals surface area contributed by atoms with Crippen molar-refractivity contribution in [3.63, 3.8) is 0 Å². The average Bonchev–Trinajstić information content (AvgIpc) is 3.13. The second kappa shape index (κ2) is 7.75. The highest BCUT2D eigenvalue weighted by molar-refractivity contribution is 5.85. The zero-order valence-corrected chi connectivity index (χ0v) is 15.6. The zero-order valence-electron chi connectivity index (χ0n) is 14.8. The zero-order chi connectivity index (χ0) is 17.3. The fourth-order valence-electron chi connectivity index (χ4n) is 4.30. The lowest BCUT2D eigenvalue weighted by molar-refractivity contribution is -0.149. The van der Waals surface area contributed by atoms with Gasteiger partial charge in [-0.05, 0) is 38.2 Å². The normalized spacial score (nSPS) is 27.8. The Balaban J connectivity index is 0.00000225. The van der Waals surface area contributed by atoms with E-state index in [0.717, 1.165) is 24.8 Å². The van der Waals surface area contributed by atoms with Gasteiger partial charge in [-0.25, -0.2) is 0 Å². The van der Waals surface area contributed by atoms with E-state index in [1.807, 2.05) is 49.1 Å². The van der Waals surface area contributed by atoms with Gasteiger partial charge < -0.3 is 10.4 Å². The number of hydrogen-bond donors (Lipinski definition) is 2. The number of likely N-dealkylation sites (tertiary alicyclic amines) is 1. The number of nitrogens with zero attached hydrogens (tertiary/aromatic N) is 1. The van der Waals surface area contributed by atoms with Gasteiger partial charge in [-0.2, -0.15) is 0 Å². The quantitative estimate of drug-likeness (QED) is 0.840. The predicted molar refractivity (Wildman–Crippen MR) is 98.7 cm³/mol. The Morgan fingerprint density at radius 3 is 2.56 bits per heavy atom. The highest BCUT2D eigenvalue weighted by atomic mass is 35.5. The average molecular weight is 367 g/mol. The van der Waals surface area contributed by atoms with Crippen LogP contribution < -0.4 is 5.32 Å². The number of rotatable bonds is 5. The molecule has 2 aliphatic rings. The minimum atomic E-state index is -0.697. The molecule has 2 N–H and O–H groups in total. The fraction of sp³-hybridized carbons (Fsp3) is 0.579. The molecule has 2 unspecified atom stereocenters. The van der Waals surface area contributed by atoms with Crippen molar-refractivity contribution in [2.45, 2.75) is 45.2 Å². The molecule has 1 aliphatic carbocycles. The first kappa shape index (κ1) is 19.7. The third-order valence-corrected chi connectivity index (χ3v) is 5.91. The molecule has 0 radical (unpaired) electrons. The molecule has 25 heavy (non-hydrogen) atoms. The predicted octanol–water partition coefficient (Wildman–Crippen LogP) is 2.86. The number of benzene rings is 1. The van der Waals surface area contributed by atoms with Crippen LogP contribution in [0.5, 0.6) is 0 Å². The van der Waals surface area contributed by atoms with Gasteiger partial charge in [0.25, 0.3) is 0 Å². The topological polar surface area (TPSA) is 69.6 Å². The summed E-state index contributed by atoms with van der Waals surface area (Å²) in [5.41, 5.74) is 0.429. The Kier molecular flexibility index (Phi) is 6.12. The van der Waals surface area contributed by atoms with Crippen LogP contribution in [0.3, 0.4) is 0 Å². The SMILES string of the molecule is CC(NC(=O)C(C)N1C[C@@H]2CCC[C@@]2(C(=O)O)C1)c1ccccc1.Cl. The van der Waals surface area contributed by atoms with Gasteiger partial charge in [-0.1, -0.05) is 36.8 Å². The summed E-state index contributed by atoms with van der Waals surface area (Å²) in [7, 11) is 0. The van der Waals surface area contributed by atoms with Gasteiger partial charge >= 0.3 is 5.97 Å². The van der Waals surface area contributed by atoms with E-state index in [-0.39, 0.29) is 36.3 Å². The summed E-state index contributed by atoms with van der Waals surface area (Å²) in [4.78, 5) is 26.4. The van der Waals surface area contributed by atoms with E-state index in [0.29, 0.717) is 13.1 Å². The molecule has 3 rings (SSSR count). The van der Waals surface area contributed by atoms with Crippen molar-refractivity contribution in [2.24, 2.45) is 11.3 Å². The summed E-state index contributed by atoms with van der Waals surface area (Å²) in [5.74, 6) is -0.554. The van der Waals surface area contributed by atoms with Crippen molar-refractivity contribution in [1.29, 1.82) is 0 Å². The molecule has 138 valence electrons. The summed E-state index contributed by atoms with van der Waals surface area (Å²) in [6, 6.07) is 9.49. The first-order valence-corrected chi connectivity index (χ1v) is 8.77. The van der Waals surface area contributed by atoms with Crippen LogP contribution in [0.15, 0.2) is 30.3 Å². The third kappa shape index (κ3) is 3.67. The van der Waals surface area contributed by atoms with E-state index < -0.39 is 11.4 Å². The van der Waals surface area contributed by atoms with Crippen molar-refractivity contribution in [2.75, 3.05) is 13.1 Å². The summed E-state index contributed by atoms with van der Waals surface area (Å²) in [5, 5.41) is 12.7. The Morgan fingerprint density at radius 1 is 1.28 bits per heavy atom. The Bertz CT molecular complexity index is 624. The van der Waals surface area contributed by atoms with Crippen LogP contribution in [0.4, 0.5) is 0 Å². The minimum absolute atomic E-state index is 0. The molecule has 1 heterocycles. The van der Waals surface area contributed by atoms with Gasteiger partial charge in [0.2, 0.25) is 5.91 Å². The summed E-state index contributed by atoms with van der Waals surface area (Å²) < 4.78 is 0. The van der Waals surface area contributed by atoms with Crippen molar-refractivity contribution < 1.29 is 14.7 Å². The number of aliphatic carboxylic acids is 1. The fourth-order valence-corrected chi connectivity index (χ4v) is 4.30. The number of carboxylic acid groups (broad SMARTS) is 1. The number of nitrogens with one attached hydrogen (secondary N) is 1. The van der Waals surface area contributed by atoms with Crippen molar-refractivity contribution in [3.8, 4) is 0 Å². The Morgan fingerprint density at radius 2 is 1.96 bits per heavy atom. The van der Waals surface area contributed by atoms with Gasteiger partial charge in [-0.3, -0.25) is 14.5 Å². The van der Waals surface area contributed by atoms with Crippen LogP contribution in [0, 0.1) is 11.3 Å². The highest BCUT2D eigenvalue weighted by Gasteiger charge is 2.55. The molecule has 2 fully saturated rings. The number of carbonyl (C=O) groups is 2. The second-order valence-electron chi connectivity index (χ2n) is 7.30. The molecule has 1 amide bonds. The van der Waals surface area contributed by atoms with Gasteiger partial charge in [0.05, 0.1) is 17.5 Å². The van der Waals surface area contributed by atoms with E-state index >= 15 is 0 Å². The maximum Gasteiger partial charge on any atom is 0.311 e. The first-order chi connectivity index (χ1) is 11.4. The molecule has 0 bridgehead atoms. The number of carboxylic acids is 1. The van der Waals surface area contributed by atoms with Crippen LogP contribution >= 0.6 is 12.4 Å². The molecule has 0 aromatic heterocycles. The van der Waals surface area contributed by atoms with E-state index in [1.54, 1.807) is 0 Å². The highest BCUT2D eigenvalue weighted by Crippen LogP contribution is 2.49. The molecule has 5 nitrogen and oxygen atoms in total. The maximum atomic E-state index is 12.6. The Labute approximate surface area is 155 Å². The standard InChI is InChI=1S/C19H26N2O3.ClH/c1-13(15-7-4-3-5-8-15)20-17(22)14(2)21-11-16-9-6-10-19(16,12-21)18(23)24;/h3-5,7-8,13-14,16H,6,9-12H2,1-2H3,(H,20,22)(H,23,24);1H/t13?,14?,16-,19+;/m0./s1. The second-order valence-corrected chi connectivity index (χ2v) is 7.30. The summed E-state index contributed by atoms with van der Waals surface area (Å²) in [6.07, 6.45) is 2.67. The van der Waals surface area contributed by atoms with Crippen LogP contribution in [0.2, 0.25) is 0 Å². The molecule has 1 aromatic carbocycles. The molecular weight excluding hydrogens is 340 g/mol. The maximum absolute atomic E-state index is 12.6. The molecule has 1 saturated heterocycles. The lowest BCUT2D eigenvalue weighted by Crippen LogP contribution is -2.46. The number of carbonyl (C=O) groups excluding carboxylic acids is 1. The molecule has 1 aliphatic heterocycles. The molecule has 6 heteroatoms. The van der Waals surface area contributed by atoms with E-state index in [1.165, 1.54) is 0 Å². The van der Waals surface area contributed by atoms with Gasteiger partial charge in [0.15, 0.2) is 0 Å². The largest absolute Gasteiger partial charge is 0.481 e. The number of hydrogen-bond acceptors (Lipinski definition) is 3. The van der Waals surface area contributed by atoms with Crippen LogP contribution in [0.25, 0.3) is 0 Å². The van der Waals surface area contributed by atoms with Crippen LogP contribution in [-0.2, 0) is 9.59 Å². The number of halogens is 1. The lowest BCUT2D eigenvalue weighted by Gasteiger charge is -2.27. The number of fused-ring (bicyclic) bond motifs is 1. The first-order valence-electron chi connectivity index (χ1n) is 8.77. The van der Waals surface area contributed by atoms with Crippen molar-refractivity contribution in [1.82, 2.24) is 10.2 Å². The van der Waals surface area contributed by atoms with E-state index in [4.69, 9.17) is 0 Å². The van der Waals surface area contributed by atoms with Gasteiger partial charge in [0.1, 0.15) is 0 Å². The van der Waals surface area contributed by atoms with Crippen LogP contribution in [-0.4, -0.2) is 41.0 Å². The molecule has 1 aromatic rings. The monoisotopic (exact) mass is 366 g/mol. The molecule has 1 saturated carbocycles. The van der Waals surface area contributed by atoms with Crippen molar-refractivity contribution in [3.05, 3.63) is 35.9 Å². The van der Waals surface area contributed by atoms with E-state index in [2.05, 4.69) is 5.32 Å². The smallest absolute Gasteiger partial charge is 0.311 e. The molecule has 0 spiro atoms. The van der Waals surface area contributed by atoms with Gasteiger partial charge in [-0.15, -0.1) is 12.4 Å². The van der Waals surface area contributed by atoms with Crippen molar-refractivity contribution >= 4 is 24.3 Å². The van der Waals surface area contributed by atoms with Crippen LogP contribution in [0.1, 0.15) is 44.7 Å². The van der Waals surface area contributed by atoms with E-state index in [9.17, 15) is 14.7 Å². The molecule has 4 atom stereocenters. The third-order valence-electron chi connectivity index (χ3n) is 5.91. The molecular formula is C19H27ClN2O3. The van der Waals surface area contributed by atoms with Gasteiger partial charge in [0, 0.05) is 13.1 Å².